The maximum absolute atomic E-state index is 12.1. The Kier molecular flexibility index (Phi) is 3.06. The first-order valence-corrected chi connectivity index (χ1v) is 5.99. The number of aromatic nitrogens is 2. The Morgan fingerprint density at radius 3 is 2.78 bits per heavy atom. The summed E-state index contributed by atoms with van der Waals surface area (Å²) in [6.45, 7) is 7.93. The standard InChI is InChI=1S/C12H19N3O3/c1-8-5-10-14(11(17)18-12(2,3)4)6-9(16)7-15(10)13-8/h5,9,16H,6-7H2,1-4H3. The summed E-state index contributed by atoms with van der Waals surface area (Å²) in [5, 5.41) is 14.0. The normalized spacial score (nSPS) is 19.6. The molecule has 1 aliphatic rings. The summed E-state index contributed by atoms with van der Waals surface area (Å²) in [6.07, 6.45) is -1.08. The van der Waals surface area contributed by atoms with Crippen LogP contribution < -0.4 is 4.90 Å². The van der Waals surface area contributed by atoms with Gasteiger partial charge in [0.05, 0.1) is 24.9 Å². The van der Waals surface area contributed by atoms with Gasteiger partial charge in [-0.2, -0.15) is 5.10 Å². The molecule has 0 spiro atoms. The van der Waals surface area contributed by atoms with Crippen LogP contribution in [0.5, 0.6) is 0 Å². The molecule has 1 aromatic heterocycles. The first-order chi connectivity index (χ1) is 8.26. The lowest BCUT2D eigenvalue weighted by atomic mass is 10.2. The lowest BCUT2D eigenvalue weighted by molar-refractivity contribution is 0.0527. The van der Waals surface area contributed by atoms with Crippen LogP contribution in [0.3, 0.4) is 0 Å². The number of nitrogens with zero attached hydrogens (tertiary/aromatic N) is 3. The molecular formula is C12H19N3O3. The van der Waals surface area contributed by atoms with Crippen molar-refractivity contribution in [3.8, 4) is 0 Å². The molecule has 1 unspecified atom stereocenters. The van der Waals surface area contributed by atoms with E-state index in [1.54, 1.807) is 4.68 Å². The van der Waals surface area contributed by atoms with Gasteiger partial charge in [-0.05, 0) is 27.7 Å². The quantitative estimate of drug-likeness (QED) is 0.757. The molecule has 18 heavy (non-hydrogen) atoms. The van der Waals surface area contributed by atoms with Crippen molar-refractivity contribution in [3.63, 3.8) is 0 Å². The van der Waals surface area contributed by atoms with E-state index in [0.717, 1.165) is 5.69 Å². The van der Waals surface area contributed by atoms with Crippen molar-refractivity contribution in [3.05, 3.63) is 11.8 Å². The minimum absolute atomic E-state index is 0.236. The number of hydrogen-bond donors (Lipinski definition) is 1. The van der Waals surface area contributed by atoms with Gasteiger partial charge in [-0.1, -0.05) is 0 Å². The van der Waals surface area contributed by atoms with Gasteiger partial charge in [-0.15, -0.1) is 0 Å². The van der Waals surface area contributed by atoms with Crippen LogP contribution in [0, 0.1) is 6.92 Å². The summed E-state index contributed by atoms with van der Waals surface area (Å²) < 4.78 is 6.96. The van der Waals surface area contributed by atoms with Gasteiger partial charge in [0, 0.05) is 6.07 Å². The van der Waals surface area contributed by atoms with Gasteiger partial charge in [0.25, 0.3) is 0 Å². The van der Waals surface area contributed by atoms with Crippen LogP contribution in [0.1, 0.15) is 26.5 Å². The van der Waals surface area contributed by atoms with E-state index in [-0.39, 0.29) is 6.54 Å². The number of fused-ring (bicyclic) bond motifs is 1. The van der Waals surface area contributed by atoms with Gasteiger partial charge in [-0.3, -0.25) is 4.90 Å². The van der Waals surface area contributed by atoms with Crippen LogP contribution in [0.4, 0.5) is 10.6 Å². The van der Waals surface area contributed by atoms with Crippen LogP contribution in [-0.4, -0.2) is 39.2 Å². The van der Waals surface area contributed by atoms with Gasteiger partial charge < -0.3 is 9.84 Å². The Bertz CT molecular complexity index is 462. The summed E-state index contributed by atoms with van der Waals surface area (Å²) in [7, 11) is 0. The zero-order chi connectivity index (χ0) is 13.5. The van der Waals surface area contributed by atoms with Crippen molar-refractivity contribution in [1.82, 2.24) is 9.78 Å². The number of ether oxygens (including phenoxy) is 1. The smallest absolute Gasteiger partial charge is 0.416 e. The zero-order valence-corrected chi connectivity index (χ0v) is 11.2. The lowest BCUT2D eigenvalue weighted by Crippen LogP contribution is -2.46. The van der Waals surface area contributed by atoms with E-state index in [1.807, 2.05) is 33.8 Å². The van der Waals surface area contributed by atoms with Crippen LogP contribution in [0.2, 0.25) is 0 Å². The summed E-state index contributed by atoms with van der Waals surface area (Å²) in [5.74, 6) is 0.673. The maximum Gasteiger partial charge on any atom is 0.416 e. The molecule has 2 rings (SSSR count). The average Bonchev–Trinajstić information content (AvgIpc) is 2.53. The largest absolute Gasteiger partial charge is 0.443 e. The van der Waals surface area contributed by atoms with Gasteiger partial charge >= 0.3 is 6.09 Å². The predicted octanol–water partition coefficient (Wildman–Crippen LogP) is 1.31. The van der Waals surface area contributed by atoms with E-state index in [2.05, 4.69) is 5.10 Å². The van der Waals surface area contributed by atoms with E-state index in [4.69, 9.17) is 4.74 Å². The molecule has 0 radical (unpaired) electrons. The maximum atomic E-state index is 12.1. The molecule has 0 aliphatic carbocycles. The number of aryl methyl sites for hydroxylation is 1. The number of carbonyl (C=O) groups excluding carboxylic acids is 1. The second-order valence-corrected chi connectivity index (χ2v) is 5.57. The van der Waals surface area contributed by atoms with E-state index < -0.39 is 17.8 Å². The molecule has 6 heteroatoms. The highest BCUT2D eigenvalue weighted by molar-refractivity contribution is 5.87. The lowest BCUT2D eigenvalue weighted by Gasteiger charge is -2.32. The van der Waals surface area contributed by atoms with Crippen molar-refractivity contribution in [2.45, 2.75) is 45.9 Å². The molecular weight excluding hydrogens is 234 g/mol. The third-order valence-electron chi connectivity index (χ3n) is 2.55. The molecule has 2 heterocycles. The third-order valence-corrected chi connectivity index (χ3v) is 2.55. The highest BCUT2D eigenvalue weighted by atomic mass is 16.6. The molecule has 1 aliphatic heterocycles. The number of β-amino-alcohol motifs (C(OH)–C–C–N with tert-alkyl or cyclic N) is 1. The predicted molar refractivity (Wildman–Crippen MR) is 66.6 cm³/mol. The molecule has 0 saturated heterocycles. The molecule has 1 atom stereocenters. The fraction of sp³-hybridized carbons (Fsp3) is 0.667. The molecule has 0 bridgehead atoms. The summed E-state index contributed by atoms with van der Waals surface area (Å²) in [6, 6.07) is 1.82. The van der Waals surface area contributed by atoms with Crippen LogP contribution >= 0.6 is 0 Å². The third kappa shape index (κ3) is 2.64. The summed E-state index contributed by atoms with van der Waals surface area (Å²) in [5.41, 5.74) is 0.256. The highest BCUT2D eigenvalue weighted by Crippen LogP contribution is 2.24. The van der Waals surface area contributed by atoms with Gasteiger partial charge in [0.2, 0.25) is 0 Å². The number of aliphatic hydroxyl groups excluding tert-OH is 1. The highest BCUT2D eigenvalue weighted by Gasteiger charge is 2.31. The Labute approximate surface area is 106 Å². The Morgan fingerprint density at radius 2 is 2.17 bits per heavy atom. The monoisotopic (exact) mass is 253 g/mol. The second-order valence-electron chi connectivity index (χ2n) is 5.57. The minimum atomic E-state index is -0.621. The Hall–Kier alpha value is -1.56. The van der Waals surface area contributed by atoms with Crippen molar-refractivity contribution >= 4 is 11.9 Å². The fourth-order valence-corrected chi connectivity index (χ4v) is 1.93. The number of anilines is 1. The fourth-order valence-electron chi connectivity index (χ4n) is 1.93. The first-order valence-electron chi connectivity index (χ1n) is 5.99. The van der Waals surface area contributed by atoms with Crippen molar-refractivity contribution in [2.75, 3.05) is 11.4 Å². The van der Waals surface area contributed by atoms with E-state index >= 15 is 0 Å². The Morgan fingerprint density at radius 1 is 1.50 bits per heavy atom. The number of aliphatic hydroxyl groups is 1. The molecule has 0 fully saturated rings. The van der Waals surface area contributed by atoms with E-state index in [0.29, 0.717) is 12.4 Å². The SMILES string of the molecule is Cc1cc2n(n1)CC(O)CN2C(=O)OC(C)(C)C. The summed E-state index contributed by atoms with van der Waals surface area (Å²) in [4.78, 5) is 13.5. The second kappa shape index (κ2) is 4.28. The molecule has 1 aromatic rings. The van der Waals surface area contributed by atoms with E-state index in [1.165, 1.54) is 4.90 Å². The zero-order valence-electron chi connectivity index (χ0n) is 11.2. The number of carbonyl (C=O) groups is 1. The molecule has 100 valence electrons. The average molecular weight is 253 g/mol. The molecule has 1 N–H and O–H groups in total. The number of hydrogen-bond acceptors (Lipinski definition) is 4. The number of amides is 1. The van der Waals surface area contributed by atoms with Crippen molar-refractivity contribution in [1.29, 1.82) is 0 Å². The van der Waals surface area contributed by atoms with Crippen LogP contribution in [-0.2, 0) is 11.3 Å². The topological polar surface area (TPSA) is 67.6 Å². The van der Waals surface area contributed by atoms with Crippen LogP contribution in [0.15, 0.2) is 6.07 Å². The minimum Gasteiger partial charge on any atom is -0.443 e. The molecule has 6 nitrogen and oxygen atoms in total. The van der Waals surface area contributed by atoms with Crippen molar-refractivity contribution < 1.29 is 14.6 Å². The van der Waals surface area contributed by atoms with Gasteiger partial charge in [-0.25, -0.2) is 9.48 Å². The molecule has 0 saturated carbocycles. The van der Waals surface area contributed by atoms with Crippen LogP contribution in [0.25, 0.3) is 0 Å². The molecule has 1 amide bonds. The number of rotatable bonds is 0. The van der Waals surface area contributed by atoms with Crippen molar-refractivity contribution in [2.24, 2.45) is 0 Å². The Balaban J connectivity index is 2.25. The first kappa shape index (κ1) is 12.9. The van der Waals surface area contributed by atoms with Gasteiger partial charge in [0.15, 0.2) is 0 Å². The van der Waals surface area contributed by atoms with Gasteiger partial charge in [0.1, 0.15) is 11.4 Å². The molecule has 0 aromatic carbocycles. The van der Waals surface area contributed by atoms with E-state index in [9.17, 15) is 9.90 Å². The summed E-state index contributed by atoms with van der Waals surface area (Å²) >= 11 is 0.